The monoisotopic (exact) mass is 578 g/mol. The van der Waals surface area contributed by atoms with Gasteiger partial charge in [0.15, 0.2) is 0 Å². The minimum Gasteiger partial charge on any atom is -0.366 e. The van der Waals surface area contributed by atoms with Crippen molar-refractivity contribution in [2.24, 2.45) is 11.5 Å². The zero-order chi connectivity index (χ0) is 30.1. The number of piperidine rings is 1. The lowest BCUT2D eigenvalue weighted by Gasteiger charge is -2.22. The third kappa shape index (κ3) is 5.45. The number of carbonyl (C=O) groups excluding carboxylic acids is 3. The highest BCUT2D eigenvalue weighted by atomic mass is 19.1. The van der Waals surface area contributed by atoms with Gasteiger partial charge in [-0.1, -0.05) is 30.7 Å². The number of benzene rings is 4. The van der Waals surface area contributed by atoms with Gasteiger partial charge in [0.05, 0.1) is 17.1 Å². The molecule has 4 aromatic carbocycles. The highest BCUT2D eigenvalue weighted by molar-refractivity contribution is 6.20. The van der Waals surface area contributed by atoms with Crippen LogP contribution in [0.15, 0.2) is 72.8 Å². The first-order valence-electron chi connectivity index (χ1n) is 14.2. The van der Waals surface area contributed by atoms with E-state index < -0.39 is 17.6 Å². The predicted molar refractivity (Wildman–Crippen MR) is 166 cm³/mol. The second-order valence-electron chi connectivity index (χ2n) is 10.6. The summed E-state index contributed by atoms with van der Waals surface area (Å²) in [6.45, 7) is 0.932. The number of carbonyl (C=O) groups is 3. The number of H-pyrrole nitrogens is 1. The lowest BCUT2D eigenvalue weighted by Crippen LogP contribution is -2.43. The summed E-state index contributed by atoms with van der Waals surface area (Å²) >= 11 is 0. The predicted octanol–water partition coefficient (Wildman–Crippen LogP) is 5.02. The SMILES string of the molecule is NCc1c(NC(=O)c2ccc(F)cc2)cccc1-c1ccc(C(N)=O)c2[nH]c3cc(NC(=O)[C@H]4CCCCN4)ccc3c12. The van der Waals surface area contributed by atoms with Crippen LogP contribution in [0.3, 0.4) is 0 Å². The third-order valence-electron chi connectivity index (χ3n) is 7.94. The lowest BCUT2D eigenvalue weighted by atomic mass is 9.92. The van der Waals surface area contributed by atoms with E-state index in [-0.39, 0.29) is 18.5 Å². The smallest absolute Gasteiger partial charge is 0.255 e. The van der Waals surface area contributed by atoms with Crippen molar-refractivity contribution in [2.75, 3.05) is 17.2 Å². The van der Waals surface area contributed by atoms with Crippen LogP contribution in [0.1, 0.15) is 45.5 Å². The maximum Gasteiger partial charge on any atom is 0.255 e. The fraction of sp³-hybridized carbons (Fsp3) is 0.182. The van der Waals surface area contributed by atoms with Gasteiger partial charge < -0.3 is 32.4 Å². The molecule has 218 valence electrons. The average Bonchev–Trinajstić information content (AvgIpc) is 3.40. The van der Waals surface area contributed by atoms with E-state index in [1.165, 1.54) is 24.3 Å². The van der Waals surface area contributed by atoms with E-state index in [9.17, 15) is 18.8 Å². The van der Waals surface area contributed by atoms with Crippen molar-refractivity contribution < 1.29 is 18.8 Å². The van der Waals surface area contributed by atoms with Crippen molar-refractivity contribution in [3.8, 4) is 11.1 Å². The molecule has 1 atom stereocenters. The van der Waals surface area contributed by atoms with Crippen molar-refractivity contribution in [2.45, 2.75) is 31.8 Å². The van der Waals surface area contributed by atoms with Gasteiger partial charge in [-0.2, -0.15) is 0 Å². The van der Waals surface area contributed by atoms with Crippen molar-refractivity contribution in [3.05, 3.63) is 95.3 Å². The van der Waals surface area contributed by atoms with Crippen LogP contribution >= 0.6 is 0 Å². The van der Waals surface area contributed by atoms with Gasteiger partial charge in [0.25, 0.3) is 11.8 Å². The summed E-state index contributed by atoms with van der Waals surface area (Å²) in [5.74, 6) is -1.50. The van der Waals surface area contributed by atoms with E-state index in [4.69, 9.17) is 11.5 Å². The molecule has 6 rings (SSSR count). The van der Waals surface area contributed by atoms with Crippen LogP contribution in [-0.2, 0) is 11.3 Å². The number of aromatic nitrogens is 1. The van der Waals surface area contributed by atoms with E-state index in [0.29, 0.717) is 33.6 Å². The van der Waals surface area contributed by atoms with E-state index in [1.807, 2.05) is 36.4 Å². The van der Waals surface area contributed by atoms with Crippen LogP contribution in [0.2, 0.25) is 0 Å². The Morgan fingerprint density at radius 1 is 0.930 bits per heavy atom. The van der Waals surface area contributed by atoms with Crippen LogP contribution in [-0.4, -0.2) is 35.3 Å². The summed E-state index contributed by atoms with van der Waals surface area (Å²) in [7, 11) is 0. The molecule has 9 nitrogen and oxygen atoms in total. The minimum absolute atomic E-state index is 0.0826. The van der Waals surface area contributed by atoms with Gasteiger partial charge in [0, 0.05) is 39.8 Å². The van der Waals surface area contributed by atoms with Gasteiger partial charge in [-0.25, -0.2) is 4.39 Å². The van der Waals surface area contributed by atoms with E-state index in [1.54, 1.807) is 12.1 Å². The Kier molecular flexibility index (Phi) is 7.62. The molecule has 0 bridgehead atoms. The van der Waals surface area contributed by atoms with Gasteiger partial charge in [-0.3, -0.25) is 14.4 Å². The molecule has 0 saturated carbocycles. The topological polar surface area (TPSA) is 155 Å². The summed E-state index contributed by atoms with van der Waals surface area (Å²) in [6, 6.07) is 19.6. The number of fused-ring (bicyclic) bond motifs is 3. The quantitative estimate of drug-likeness (QED) is 0.160. The second-order valence-corrected chi connectivity index (χ2v) is 10.6. The molecular weight excluding hydrogens is 547 g/mol. The van der Waals surface area contributed by atoms with Gasteiger partial charge in [0.2, 0.25) is 5.91 Å². The number of hydrogen-bond donors (Lipinski definition) is 6. The first-order chi connectivity index (χ1) is 20.8. The Labute approximate surface area is 246 Å². The summed E-state index contributed by atoms with van der Waals surface area (Å²) in [6.07, 6.45) is 2.86. The fourth-order valence-corrected chi connectivity index (χ4v) is 5.80. The summed E-state index contributed by atoms with van der Waals surface area (Å²) in [5, 5.41) is 10.7. The van der Waals surface area contributed by atoms with Crippen LogP contribution < -0.4 is 27.4 Å². The number of nitrogens with one attached hydrogen (secondary N) is 4. The Bertz CT molecular complexity index is 1880. The van der Waals surface area contributed by atoms with Gasteiger partial charge >= 0.3 is 0 Å². The molecule has 0 radical (unpaired) electrons. The van der Waals surface area contributed by atoms with Crippen LogP contribution in [0, 0.1) is 5.82 Å². The second kappa shape index (κ2) is 11.7. The molecule has 10 heteroatoms. The highest BCUT2D eigenvalue weighted by Gasteiger charge is 2.22. The molecule has 1 aliphatic heterocycles. The van der Waals surface area contributed by atoms with E-state index in [0.717, 1.165) is 53.2 Å². The average molecular weight is 579 g/mol. The molecule has 1 fully saturated rings. The molecule has 0 aliphatic carbocycles. The minimum atomic E-state index is -0.584. The van der Waals surface area contributed by atoms with Crippen molar-refractivity contribution >= 4 is 50.9 Å². The lowest BCUT2D eigenvalue weighted by molar-refractivity contribution is -0.118. The first-order valence-corrected chi connectivity index (χ1v) is 14.2. The largest absolute Gasteiger partial charge is 0.366 e. The van der Waals surface area contributed by atoms with Crippen LogP contribution in [0.4, 0.5) is 15.8 Å². The molecular formula is C33H31FN6O3. The fourth-order valence-electron chi connectivity index (χ4n) is 5.80. The molecule has 0 spiro atoms. The summed E-state index contributed by atoms with van der Waals surface area (Å²) < 4.78 is 13.4. The molecule has 1 aliphatic rings. The molecule has 43 heavy (non-hydrogen) atoms. The normalized spacial score (nSPS) is 15.0. The van der Waals surface area contributed by atoms with Crippen molar-refractivity contribution in [3.63, 3.8) is 0 Å². The summed E-state index contributed by atoms with van der Waals surface area (Å²) in [4.78, 5) is 41.6. The number of amides is 3. The van der Waals surface area contributed by atoms with Crippen LogP contribution in [0.5, 0.6) is 0 Å². The Hall–Kier alpha value is -5.06. The zero-order valence-corrected chi connectivity index (χ0v) is 23.3. The molecule has 1 aromatic heterocycles. The van der Waals surface area contributed by atoms with E-state index >= 15 is 0 Å². The Balaban J connectivity index is 1.42. The number of halogens is 1. The maximum atomic E-state index is 13.4. The molecule has 2 heterocycles. The van der Waals surface area contributed by atoms with Gasteiger partial charge in [-0.15, -0.1) is 0 Å². The van der Waals surface area contributed by atoms with Gasteiger partial charge in [-0.05, 0) is 84.6 Å². The summed E-state index contributed by atoms with van der Waals surface area (Å²) in [5.41, 5.74) is 17.3. The first kappa shape index (κ1) is 28.1. The molecule has 3 amide bonds. The Morgan fingerprint density at radius 2 is 1.74 bits per heavy atom. The number of primary amides is 1. The maximum absolute atomic E-state index is 13.4. The number of anilines is 2. The highest BCUT2D eigenvalue weighted by Crippen LogP contribution is 2.40. The zero-order valence-electron chi connectivity index (χ0n) is 23.3. The molecule has 0 unspecified atom stereocenters. The number of rotatable bonds is 7. The number of aromatic amines is 1. The standard InChI is InChI=1S/C33H31FN6O3/c34-19-9-7-18(8-10-19)32(42)40-26-6-3-4-21(25(26)17-35)22-13-14-24(31(36)41)30-29(22)23-12-11-20(16-28(23)39-30)38-33(43)27-5-1-2-15-37-27/h3-4,6-14,16,27,37,39H,1-2,5,15,17,35H2,(H2,36,41)(H,38,43)(H,40,42)/t27-/m1/s1. The van der Waals surface area contributed by atoms with Crippen LogP contribution in [0.25, 0.3) is 32.9 Å². The molecule has 8 N–H and O–H groups in total. The molecule has 5 aromatic rings. The number of nitrogens with two attached hydrogens (primary N) is 2. The molecule has 1 saturated heterocycles. The van der Waals surface area contributed by atoms with E-state index in [2.05, 4.69) is 20.9 Å². The Morgan fingerprint density at radius 3 is 2.47 bits per heavy atom. The number of hydrogen-bond acceptors (Lipinski definition) is 5. The van der Waals surface area contributed by atoms with Crippen molar-refractivity contribution in [1.29, 1.82) is 0 Å². The van der Waals surface area contributed by atoms with Gasteiger partial charge in [0.1, 0.15) is 5.82 Å². The van der Waals surface area contributed by atoms with Crippen molar-refractivity contribution in [1.82, 2.24) is 10.3 Å². The third-order valence-corrected chi connectivity index (χ3v) is 7.94.